The molecule has 0 radical (unpaired) electrons. The third-order valence-corrected chi connectivity index (χ3v) is 3.64. The van der Waals surface area contributed by atoms with Gasteiger partial charge in [0.1, 0.15) is 5.82 Å². The van der Waals surface area contributed by atoms with Crippen LogP contribution in [-0.4, -0.2) is 39.4 Å². The molecule has 2 N–H and O–H groups in total. The van der Waals surface area contributed by atoms with Gasteiger partial charge in [-0.05, 0) is 19.1 Å². The summed E-state index contributed by atoms with van der Waals surface area (Å²) in [5.74, 6) is -0.506. The van der Waals surface area contributed by atoms with Crippen molar-refractivity contribution in [3.05, 3.63) is 60.1 Å². The van der Waals surface area contributed by atoms with Gasteiger partial charge in [-0.3, -0.25) is 14.5 Å². The maximum Gasteiger partial charge on any atom is 0.277 e. The summed E-state index contributed by atoms with van der Waals surface area (Å²) in [4.78, 5) is 20.8. The Labute approximate surface area is 155 Å². The normalized spacial score (nSPS) is 10.6. The second kappa shape index (κ2) is 8.37. The average Bonchev–Trinajstić information content (AvgIpc) is 3.08. The van der Waals surface area contributed by atoms with Crippen molar-refractivity contribution >= 4 is 23.1 Å². The number of carbonyl (C=O) groups excluding carboxylic acids is 1. The van der Waals surface area contributed by atoms with Crippen LogP contribution in [0.3, 0.4) is 0 Å². The number of hydrogen-bond donors (Lipinski definition) is 2. The highest BCUT2D eigenvalue weighted by atomic mass is 19.1. The number of rotatable bonds is 7. The first-order chi connectivity index (χ1) is 13.0. The predicted octanol–water partition coefficient (Wildman–Crippen LogP) is 2.76. The molecule has 0 saturated carbocycles. The van der Waals surface area contributed by atoms with Crippen molar-refractivity contribution in [2.45, 2.75) is 13.5 Å². The molecule has 0 aliphatic rings. The zero-order valence-electron chi connectivity index (χ0n) is 14.9. The molecule has 140 valence electrons. The Bertz CT molecular complexity index is 943. The molecule has 0 unspecified atom stereocenters. The SMILES string of the molecule is COCCn1ccc(NC(=O)c2nc(C)ccc2Nc2cncc(F)c2)n1. The number of carbonyl (C=O) groups is 1. The number of aromatic nitrogens is 4. The Morgan fingerprint density at radius 1 is 1.30 bits per heavy atom. The van der Waals surface area contributed by atoms with Gasteiger partial charge in [-0.1, -0.05) is 0 Å². The van der Waals surface area contributed by atoms with Gasteiger partial charge < -0.3 is 15.4 Å². The maximum atomic E-state index is 13.4. The maximum absolute atomic E-state index is 13.4. The van der Waals surface area contributed by atoms with E-state index in [2.05, 4.69) is 25.7 Å². The molecule has 0 atom stereocenters. The minimum atomic E-state index is -0.479. The number of pyridine rings is 2. The van der Waals surface area contributed by atoms with Crippen molar-refractivity contribution in [1.82, 2.24) is 19.7 Å². The van der Waals surface area contributed by atoms with Crippen LogP contribution in [0.25, 0.3) is 0 Å². The van der Waals surface area contributed by atoms with Gasteiger partial charge in [-0.2, -0.15) is 5.10 Å². The molecule has 3 aromatic heterocycles. The Morgan fingerprint density at radius 3 is 2.93 bits per heavy atom. The summed E-state index contributed by atoms with van der Waals surface area (Å²) >= 11 is 0. The second-order valence-corrected chi connectivity index (χ2v) is 5.78. The van der Waals surface area contributed by atoms with E-state index in [0.29, 0.717) is 36.0 Å². The minimum absolute atomic E-state index is 0.172. The lowest BCUT2D eigenvalue weighted by atomic mass is 10.2. The van der Waals surface area contributed by atoms with Crippen molar-refractivity contribution in [2.75, 3.05) is 24.4 Å². The zero-order valence-corrected chi connectivity index (χ0v) is 14.9. The molecule has 0 bridgehead atoms. The van der Waals surface area contributed by atoms with Crippen LogP contribution >= 0.6 is 0 Å². The largest absolute Gasteiger partial charge is 0.383 e. The predicted molar refractivity (Wildman–Crippen MR) is 98.5 cm³/mol. The van der Waals surface area contributed by atoms with E-state index in [1.165, 1.54) is 12.3 Å². The molecule has 0 aromatic carbocycles. The molecular formula is C18H19FN6O2. The van der Waals surface area contributed by atoms with Gasteiger partial charge in [0.15, 0.2) is 11.5 Å². The van der Waals surface area contributed by atoms with E-state index in [0.717, 1.165) is 6.20 Å². The molecule has 0 aliphatic heterocycles. The van der Waals surface area contributed by atoms with Gasteiger partial charge in [0, 0.05) is 31.1 Å². The molecule has 0 aliphatic carbocycles. The van der Waals surface area contributed by atoms with Crippen LogP contribution in [0.4, 0.5) is 21.6 Å². The summed E-state index contributed by atoms with van der Waals surface area (Å²) in [5, 5.41) is 9.95. The number of ether oxygens (including phenoxy) is 1. The smallest absolute Gasteiger partial charge is 0.277 e. The van der Waals surface area contributed by atoms with Crippen LogP contribution in [0.1, 0.15) is 16.2 Å². The highest BCUT2D eigenvalue weighted by molar-refractivity contribution is 6.06. The van der Waals surface area contributed by atoms with Crippen LogP contribution in [0.2, 0.25) is 0 Å². The fourth-order valence-corrected chi connectivity index (χ4v) is 2.38. The van der Waals surface area contributed by atoms with Gasteiger partial charge in [-0.25, -0.2) is 9.37 Å². The van der Waals surface area contributed by atoms with E-state index in [9.17, 15) is 9.18 Å². The molecule has 9 heteroatoms. The molecule has 3 rings (SSSR count). The first-order valence-corrected chi connectivity index (χ1v) is 8.24. The molecule has 1 amide bonds. The summed E-state index contributed by atoms with van der Waals surface area (Å²) in [6.45, 7) is 2.88. The van der Waals surface area contributed by atoms with E-state index in [-0.39, 0.29) is 5.69 Å². The number of halogens is 1. The lowest BCUT2D eigenvalue weighted by molar-refractivity contribution is 0.102. The monoisotopic (exact) mass is 370 g/mol. The van der Waals surface area contributed by atoms with Gasteiger partial charge in [0.2, 0.25) is 0 Å². The highest BCUT2D eigenvalue weighted by Crippen LogP contribution is 2.21. The topological polar surface area (TPSA) is 94.0 Å². The van der Waals surface area contributed by atoms with Gasteiger partial charge in [-0.15, -0.1) is 0 Å². The van der Waals surface area contributed by atoms with Crippen molar-refractivity contribution in [3.63, 3.8) is 0 Å². The van der Waals surface area contributed by atoms with Crippen LogP contribution in [0, 0.1) is 12.7 Å². The molecule has 3 aromatic rings. The standard InChI is InChI=1S/C18H19FN6O2/c1-12-3-4-15(22-14-9-13(19)10-20-11-14)17(21-12)18(26)23-16-5-6-25(24-16)7-8-27-2/h3-6,9-11,22H,7-8H2,1-2H3,(H,23,24,26). The van der Waals surface area contributed by atoms with Gasteiger partial charge in [0.05, 0.1) is 36.9 Å². The number of anilines is 3. The Balaban J connectivity index is 1.79. The van der Waals surface area contributed by atoms with E-state index >= 15 is 0 Å². The van der Waals surface area contributed by atoms with Crippen LogP contribution < -0.4 is 10.6 Å². The van der Waals surface area contributed by atoms with Crippen LogP contribution in [-0.2, 0) is 11.3 Å². The summed E-state index contributed by atoms with van der Waals surface area (Å²) < 4.78 is 20.0. The Morgan fingerprint density at radius 2 is 2.15 bits per heavy atom. The summed E-state index contributed by atoms with van der Waals surface area (Å²) in [5.41, 5.74) is 1.70. The van der Waals surface area contributed by atoms with Crippen molar-refractivity contribution in [3.8, 4) is 0 Å². The number of aryl methyl sites for hydroxylation is 1. The first-order valence-electron chi connectivity index (χ1n) is 8.24. The highest BCUT2D eigenvalue weighted by Gasteiger charge is 2.16. The fraction of sp³-hybridized carbons (Fsp3) is 0.222. The third-order valence-electron chi connectivity index (χ3n) is 3.64. The minimum Gasteiger partial charge on any atom is -0.383 e. The Kier molecular flexibility index (Phi) is 5.72. The fourth-order valence-electron chi connectivity index (χ4n) is 2.38. The number of nitrogens with one attached hydrogen (secondary N) is 2. The summed E-state index contributed by atoms with van der Waals surface area (Å²) in [6, 6.07) is 6.43. The molecule has 0 saturated heterocycles. The molecule has 27 heavy (non-hydrogen) atoms. The van der Waals surface area contributed by atoms with E-state index in [1.54, 1.807) is 43.1 Å². The summed E-state index contributed by atoms with van der Waals surface area (Å²) in [6.07, 6.45) is 4.31. The number of methoxy groups -OCH3 is 1. The number of amides is 1. The van der Waals surface area contributed by atoms with E-state index in [4.69, 9.17) is 4.74 Å². The quantitative estimate of drug-likeness (QED) is 0.664. The van der Waals surface area contributed by atoms with Crippen LogP contribution in [0.15, 0.2) is 42.9 Å². The zero-order chi connectivity index (χ0) is 19.2. The van der Waals surface area contributed by atoms with Crippen molar-refractivity contribution in [1.29, 1.82) is 0 Å². The molecule has 8 nitrogen and oxygen atoms in total. The molecular weight excluding hydrogens is 351 g/mol. The number of nitrogens with zero attached hydrogens (tertiary/aromatic N) is 4. The third kappa shape index (κ3) is 4.85. The molecule has 0 spiro atoms. The van der Waals surface area contributed by atoms with Gasteiger partial charge in [0.25, 0.3) is 5.91 Å². The van der Waals surface area contributed by atoms with E-state index < -0.39 is 11.7 Å². The van der Waals surface area contributed by atoms with Gasteiger partial charge >= 0.3 is 0 Å². The number of hydrogen-bond acceptors (Lipinski definition) is 6. The van der Waals surface area contributed by atoms with Crippen molar-refractivity contribution < 1.29 is 13.9 Å². The lowest BCUT2D eigenvalue weighted by Crippen LogP contribution is -2.17. The second-order valence-electron chi connectivity index (χ2n) is 5.78. The van der Waals surface area contributed by atoms with Crippen LogP contribution in [0.5, 0.6) is 0 Å². The Hall–Kier alpha value is -3.33. The summed E-state index contributed by atoms with van der Waals surface area (Å²) in [7, 11) is 1.61. The van der Waals surface area contributed by atoms with E-state index in [1.807, 2.05) is 0 Å². The molecule has 3 heterocycles. The average molecular weight is 370 g/mol. The lowest BCUT2D eigenvalue weighted by Gasteiger charge is -2.11. The van der Waals surface area contributed by atoms with Crippen molar-refractivity contribution in [2.24, 2.45) is 0 Å². The molecule has 0 fully saturated rings. The first kappa shape index (κ1) is 18.5.